The molecular weight excluding hydrogens is 328 g/mol. The normalized spacial score (nSPS) is 15.0. The molecule has 1 aliphatic rings. The van der Waals surface area contributed by atoms with Crippen LogP contribution in [0.25, 0.3) is 9.53 Å². The molecule has 0 unspecified atom stereocenters. The number of hydrogen-bond donors (Lipinski definition) is 2. The van der Waals surface area contributed by atoms with Crippen molar-refractivity contribution < 1.29 is 4.79 Å². The Morgan fingerprint density at radius 1 is 1.17 bits per heavy atom. The lowest BCUT2D eigenvalue weighted by atomic mass is 10.3. The van der Waals surface area contributed by atoms with Gasteiger partial charge in [0.1, 0.15) is 4.83 Å². The van der Waals surface area contributed by atoms with E-state index in [1.54, 1.807) is 11.3 Å². The molecule has 4 rings (SSSR count). The number of benzene rings is 1. The summed E-state index contributed by atoms with van der Waals surface area (Å²) in [5, 5.41) is 7.43. The minimum absolute atomic E-state index is 0.124. The van der Waals surface area contributed by atoms with Crippen molar-refractivity contribution in [1.82, 2.24) is 15.2 Å². The molecule has 0 atom stereocenters. The quantitative estimate of drug-likeness (QED) is 0.766. The van der Waals surface area contributed by atoms with Crippen molar-refractivity contribution in [2.24, 2.45) is 0 Å². The van der Waals surface area contributed by atoms with Crippen LogP contribution >= 0.6 is 22.7 Å². The summed E-state index contributed by atoms with van der Waals surface area (Å²) in [6.07, 6.45) is 0. The van der Waals surface area contributed by atoms with Gasteiger partial charge >= 0.3 is 0 Å². The summed E-state index contributed by atoms with van der Waals surface area (Å²) in [5.74, 6) is 0.124. The maximum atomic E-state index is 12.5. The Bertz CT molecular complexity index is 790. The number of anilines is 2. The van der Waals surface area contributed by atoms with Crippen molar-refractivity contribution in [1.29, 1.82) is 0 Å². The number of thiazole rings is 1. The van der Waals surface area contributed by atoms with Crippen molar-refractivity contribution in [2.75, 3.05) is 31.5 Å². The lowest BCUT2D eigenvalue weighted by Gasteiger charge is -2.26. The Morgan fingerprint density at radius 2 is 1.96 bits per heavy atom. The number of carbonyl (C=O) groups excluding carboxylic acids is 1. The molecule has 0 spiro atoms. The van der Waals surface area contributed by atoms with E-state index in [-0.39, 0.29) is 5.91 Å². The Morgan fingerprint density at radius 3 is 2.70 bits per heavy atom. The van der Waals surface area contributed by atoms with Gasteiger partial charge < -0.3 is 15.5 Å². The fraction of sp³-hybridized carbons (Fsp3) is 0.250. The number of hydrogen-bond acceptors (Lipinski definition) is 6. The highest BCUT2D eigenvalue weighted by Gasteiger charge is 2.21. The zero-order valence-electron chi connectivity index (χ0n) is 12.4. The standard InChI is InChI=1S/C16H16N4OS2/c21-15(20-8-6-17-7-9-20)13-10-12-14(22-13)19-16(23-12)18-11-4-2-1-3-5-11/h1-5,10,17H,6-9H2,(H,18,19). The molecule has 3 heterocycles. The van der Waals surface area contributed by atoms with Gasteiger partial charge in [0, 0.05) is 31.9 Å². The molecule has 5 nitrogen and oxygen atoms in total. The molecule has 1 aliphatic heterocycles. The SMILES string of the molecule is O=C(c1cc2sc(Nc3ccccc3)nc2s1)N1CCNCC1. The van der Waals surface area contributed by atoms with Crippen molar-refractivity contribution in [3.63, 3.8) is 0 Å². The van der Waals surface area contributed by atoms with E-state index in [0.717, 1.165) is 51.4 Å². The van der Waals surface area contributed by atoms with E-state index in [2.05, 4.69) is 15.6 Å². The molecule has 3 aromatic rings. The summed E-state index contributed by atoms with van der Waals surface area (Å²) in [4.78, 5) is 20.7. The second-order valence-corrected chi connectivity index (χ2v) is 7.39. The number of thiophene rings is 1. The molecule has 118 valence electrons. The van der Waals surface area contributed by atoms with E-state index in [1.165, 1.54) is 11.3 Å². The van der Waals surface area contributed by atoms with E-state index >= 15 is 0 Å². The van der Waals surface area contributed by atoms with E-state index < -0.39 is 0 Å². The topological polar surface area (TPSA) is 57.3 Å². The molecule has 1 amide bonds. The van der Waals surface area contributed by atoms with E-state index in [1.807, 2.05) is 41.3 Å². The summed E-state index contributed by atoms with van der Waals surface area (Å²) in [5.41, 5.74) is 1.02. The molecule has 0 aliphatic carbocycles. The zero-order chi connectivity index (χ0) is 15.6. The molecule has 1 aromatic carbocycles. The fourth-order valence-corrected chi connectivity index (χ4v) is 4.67. The number of nitrogens with zero attached hydrogens (tertiary/aromatic N) is 2. The van der Waals surface area contributed by atoms with Gasteiger partial charge in [-0.2, -0.15) is 0 Å². The minimum atomic E-state index is 0.124. The van der Waals surface area contributed by atoms with Crippen LogP contribution in [0, 0.1) is 0 Å². The first kappa shape index (κ1) is 14.6. The summed E-state index contributed by atoms with van der Waals surface area (Å²) >= 11 is 3.06. The number of amides is 1. The highest BCUT2D eigenvalue weighted by Crippen LogP contribution is 2.34. The van der Waals surface area contributed by atoms with Gasteiger partial charge in [0.2, 0.25) is 0 Å². The molecule has 0 radical (unpaired) electrons. The molecule has 2 aromatic heterocycles. The largest absolute Gasteiger partial charge is 0.335 e. The molecule has 0 bridgehead atoms. The van der Waals surface area contributed by atoms with Crippen LogP contribution in [0.5, 0.6) is 0 Å². The number of piperazine rings is 1. The number of para-hydroxylation sites is 1. The molecule has 1 saturated heterocycles. The van der Waals surface area contributed by atoms with Crippen LogP contribution in [0.15, 0.2) is 36.4 Å². The lowest BCUT2D eigenvalue weighted by Crippen LogP contribution is -2.46. The van der Waals surface area contributed by atoms with Crippen molar-refractivity contribution >= 4 is 48.9 Å². The van der Waals surface area contributed by atoms with E-state index in [9.17, 15) is 4.79 Å². The zero-order valence-corrected chi connectivity index (χ0v) is 14.0. The van der Waals surface area contributed by atoms with Crippen LogP contribution in [0.3, 0.4) is 0 Å². The van der Waals surface area contributed by atoms with E-state index in [0.29, 0.717) is 0 Å². The van der Waals surface area contributed by atoms with Gasteiger partial charge in [0.05, 0.1) is 9.58 Å². The van der Waals surface area contributed by atoms with Crippen LogP contribution in [0.4, 0.5) is 10.8 Å². The highest BCUT2D eigenvalue weighted by molar-refractivity contribution is 7.29. The predicted molar refractivity (Wildman–Crippen MR) is 96.0 cm³/mol. The van der Waals surface area contributed by atoms with Gasteiger partial charge in [-0.1, -0.05) is 29.5 Å². The maximum Gasteiger partial charge on any atom is 0.264 e. The van der Waals surface area contributed by atoms with Gasteiger partial charge in [-0.15, -0.1) is 11.3 Å². The first-order valence-corrected chi connectivity index (χ1v) is 9.15. The summed E-state index contributed by atoms with van der Waals surface area (Å²) in [6.45, 7) is 3.29. The molecule has 7 heteroatoms. The number of fused-ring (bicyclic) bond motifs is 1. The summed E-state index contributed by atoms with van der Waals surface area (Å²) in [6, 6.07) is 12.0. The van der Waals surface area contributed by atoms with Gasteiger partial charge in [0.15, 0.2) is 5.13 Å². The number of nitrogens with one attached hydrogen (secondary N) is 2. The maximum absolute atomic E-state index is 12.5. The van der Waals surface area contributed by atoms with Crippen LogP contribution < -0.4 is 10.6 Å². The van der Waals surface area contributed by atoms with Crippen LogP contribution in [-0.2, 0) is 0 Å². The van der Waals surface area contributed by atoms with Gasteiger partial charge in [0.25, 0.3) is 5.91 Å². The molecule has 23 heavy (non-hydrogen) atoms. The molecule has 1 fully saturated rings. The molecule has 2 N–H and O–H groups in total. The van der Waals surface area contributed by atoms with Gasteiger partial charge in [-0.05, 0) is 18.2 Å². The first-order valence-electron chi connectivity index (χ1n) is 7.52. The first-order chi connectivity index (χ1) is 11.3. The number of rotatable bonds is 3. The van der Waals surface area contributed by atoms with Crippen molar-refractivity contribution in [3.8, 4) is 0 Å². The van der Waals surface area contributed by atoms with Crippen LogP contribution in [0.1, 0.15) is 9.67 Å². The van der Waals surface area contributed by atoms with Crippen molar-refractivity contribution in [3.05, 3.63) is 41.3 Å². The third-order valence-corrected chi connectivity index (χ3v) is 5.79. The van der Waals surface area contributed by atoms with Gasteiger partial charge in [-0.3, -0.25) is 4.79 Å². The Kier molecular flexibility index (Phi) is 3.99. The minimum Gasteiger partial charge on any atom is -0.335 e. The Balaban J connectivity index is 1.53. The van der Waals surface area contributed by atoms with Gasteiger partial charge in [-0.25, -0.2) is 4.98 Å². The third kappa shape index (κ3) is 3.08. The predicted octanol–water partition coefficient (Wildman–Crippen LogP) is 3.15. The van der Waals surface area contributed by atoms with Crippen LogP contribution in [-0.4, -0.2) is 42.0 Å². The average molecular weight is 344 g/mol. The van der Waals surface area contributed by atoms with E-state index in [4.69, 9.17) is 0 Å². The third-order valence-electron chi connectivity index (χ3n) is 3.73. The number of carbonyl (C=O) groups is 1. The smallest absolute Gasteiger partial charge is 0.264 e. The lowest BCUT2D eigenvalue weighted by molar-refractivity contribution is 0.0741. The van der Waals surface area contributed by atoms with Crippen molar-refractivity contribution in [2.45, 2.75) is 0 Å². The summed E-state index contributed by atoms with van der Waals surface area (Å²) in [7, 11) is 0. The Labute approximate surface area is 142 Å². The molecule has 0 saturated carbocycles. The summed E-state index contributed by atoms with van der Waals surface area (Å²) < 4.78 is 1.06. The fourth-order valence-electron chi connectivity index (χ4n) is 2.56. The monoisotopic (exact) mass is 344 g/mol. The average Bonchev–Trinajstić information content (AvgIpc) is 3.14. The molecular formula is C16H16N4OS2. The highest BCUT2D eigenvalue weighted by atomic mass is 32.1. The second-order valence-electron chi connectivity index (χ2n) is 5.33. The second kappa shape index (κ2) is 6.27. The Hall–Kier alpha value is -1.96. The van der Waals surface area contributed by atoms with Crippen LogP contribution in [0.2, 0.25) is 0 Å². The number of aromatic nitrogens is 1.